The number of nitrogens with zero attached hydrogens (tertiary/aromatic N) is 5. The van der Waals surface area contributed by atoms with Crippen LogP contribution in [0.3, 0.4) is 0 Å². The van der Waals surface area contributed by atoms with Crippen LogP contribution >= 0.6 is 0 Å². The van der Waals surface area contributed by atoms with Gasteiger partial charge in [-0.3, -0.25) is 9.78 Å². The van der Waals surface area contributed by atoms with Gasteiger partial charge in [0.1, 0.15) is 11.6 Å². The SMILES string of the molecule is CCOC(=O)CC1CCN(c2ncc(-c3ccc(-c4nc5ccc(OC)cc5[nH]4)cn3)cn2)CC1. The van der Waals surface area contributed by atoms with Crippen molar-refractivity contribution in [2.24, 2.45) is 5.92 Å². The number of hydrogen-bond donors (Lipinski definition) is 1. The Hall–Kier alpha value is -4.01. The first kappa shape index (κ1) is 22.8. The summed E-state index contributed by atoms with van der Waals surface area (Å²) in [6, 6.07) is 9.68. The molecule has 4 heterocycles. The van der Waals surface area contributed by atoms with Crippen LogP contribution in [0.1, 0.15) is 26.2 Å². The summed E-state index contributed by atoms with van der Waals surface area (Å²) in [4.78, 5) is 35.6. The number of anilines is 1. The van der Waals surface area contributed by atoms with Gasteiger partial charge in [-0.05, 0) is 49.9 Å². The van der Waals surface area contributed by atoms with Crippen LogP contribution in [-0.4, -0.2) is 57.7 Å². The normalized spacial score (nSPS) is 14.3. The largest absolute Gasteiger partial charge is 0.497 e. The maximum atomic E-state index is 11.7. The monoisotopic (exact) mass is 472 g/mol. The van der Waals surface area contributed by atoms with Gasteiger partial charge in [0.2, 0.25) is 5.95 Å². The second-order valence-corrected chi connectivity index (χ2v) is 8.61. The lowest BCUT2D eigenvalue weighted by molar-refractivity contribution is -0.144. The molecule has 9 heteroatoms. The minimum absolute atomic E-state index is 0.106. The Kier molecular flexibility index (Phi) is 6.56. The van der Waals surface area contributed by atoms with E-state index in [0.717, 1.165) is 65.4 Å². The highest BCUT2D eigenvalue weighted by molar-refractivity contribution is 5.80. The fraction of sp³-hybridized carbons (Fsp3) is 0.346. The predicted molar refractivity (Wildman–Crippen MR) is 133 cm³/mol. The molecule has 1 N–H and O–H groups in total. The van der Waals surface area contributed by atoms with E-state index in [0.29, 0.717) is 24.9 Å². The number of pyridine rings is 1. The lowest BCUT2D eigenvalue weighted by atomic mass is 9.94. The van der Waals surface area contributed by atoms with Crippen LogP contribution in [0.15, 0.2) is 48.9 Å². The fourth-order valence-corrected chi connectivity index (χ4v) is 4.37. The molecule has 0 radical (unpaired) electrons. The number of rotatable bonds is 7. The van der Waals surface area contributed by atoms with Gasteiger partial charge >= 0.3 is 5.97 Å². The molecule has 1 aliphatic rings. The number of aromatic nitrogens is 5. The summed E-state index contributed by atoms with van der Waals surface area (Å²) >= 11 is 0. The molecule has 9 nitrogen and oxygen atoms in total. The van der Waals surface area contributed by atoms with E-state index in [1.165, 1.54) is 0 Å². The van der Waals surface area contributed by atoms with Gasteiger partial charge in [-0.15, -0.1) is 0 Å². The number of aromatic amines is 1. The van der Waals surface area contributed by atoms with Crippen molar-refractivity contribution in [1.29, 1.82) is 0 Å². The summed E-state index contributed by atoms with van der Waals surface area (Å²) in [6.07, 6.45) is 7.77. The van der Waals surface area contributed by atoms with E-state index in [1.807, 2.05) is 49.6 Å². The smallest absolute Gasteiger partial charge is 0.306 e. The first-order valence-corrected chi connectivity index (χ1v) is 11.9. The molecule has 1 aromatic carbocycles. The van der Waals surface area contributed by atoms with E-state index in [4.69, 9.17) is 9.47 Å². The highest BCUT2D eigenvalue weighted by atomic mass is 16.5. The van der Waals surface area contributed by atoms with E-state index in [9.17, 15) is 4.79 Å². The zero-order valence-electron chi connectivity index (χ0n) is 19.9. The highest BCUT2D eigenvalue weighted by Gasteiger charge is 2.23. The lowest BCUT2D eigenvalue weighted by Gasteiger charge is -2.31. The lowest BCUT2D eigenvalue weighted by Crippen LogP contribution is -2.35. The maximum absolute atomic E-state index is 11.7. The molecule has 0 aliphatic carbocycles. The number of H-pyrrole nitrogens is 1. The Morgan fingerprint density at radius 2 is 1.83 bits per heavy atom. The quantitative estimate of drug-likeness (QED) is 0.398. The van der Waals surface area contributed by atoms with Crippen molar-refractivity contribution in [3.8, 4) is 28.4 Å². The first-order valence-electron chi connectivity index (χ1n) is 11.9. The number of methoxy groups -OCH3 is 1. The summed E-state index contributed by atoms with van der Waals surface area (Å²) < 4.78 is 10.4. The van der Waals surface area contributed by atoms with Crippen LogP contribution in [0.25, 0.3) is 33.7 Å². The number of fused-ring (bicyclic) bond motifs is 1. The number of hydrogen-bond acceptors (Lipinski definition) is 8. The average molecular weight is 473 g/mol. The molecular weight excluding hydrogens is 444 g/mol. The fourth-order valence-electron chi connectivity index (χ4n) is 4.37. The van der Waals surface area contributed by atoms with Crippen LogP contribution in [0, 0.1) is 5.92 Å². The van der Waals surface area contributed by atoms with Crippen LogP contribution in [0.4, 0.5) is 5.95 Å². The van der Waals surface area contributed by atoms with Gasteiger partial charge in [-0.2, -0.15) is 0 Å². The average Bonchev–Trinajstić information content (AvgIpc) is 3.33. The number of esters is 1. The topological polar surface area (TPSA) is 106 Å². The zero-order valence-corrected chi connectivity index (χ0v) is 19.9. The van der Waals surface area contributed by atoms with Crippen molar-refractivity contribution < 1.29 is 14.3 Å². The Morgan fingerprint density at radius 1 is 1.06 bits per heavy atom. The summed E-state index contributed by atoms with van der Waals surface area (Å²) in [7, 11) is 1.65. The predicted octanol–water partition coefficient (Wildman–Crippen LogP) is 4.26. The minimum Gasteiger partial charge on any atom is -0.497 e. The van der Waals surface area contributed by atoms with Crippen molar-refractivity contribution in [1.82, 2.24) is 24.9 Å². The number of nitrogens with one attached hydrogen (secondary N) is 1. The van der Waals surface area contributed by atoms with Gasteiger partial charge in [0, 0.05) is 55.3 Å². The van der Waals surface area contributed by atoms with Gasteiger partial charge in [0.25, 0.3) is 0 Å². The molecule has 1 fully saturated rings. The molecular formula is C26H28N6O3. The Labute approximate surface area is 203 Å². The standard InChI is InChI=1S/C26H28N6O3/c1-3-35-24(33)12-17-8-10-32(11-9-17)26-28-15-19(16-29-26)21-6-4-18(14-27-21)25-30-22-7-5-20(34-2)13-23(22)31-25/h4-7,13-17H,3,8-12H2,1-2H3,(H,30,31). The Bertz CT molecular complexity index is 1300. The third kappa shape index (κ3) is 5.08. The third-order valence-corrected chi connectivity index (χ3v) is 6.32. The first-order chi connectivity index (χ1) is 17.1. The van der Waals surface area contributed by atoms with Gasteiger partial charge in [0.15, 0.2) is 0 Å². The molecule has 1 aliphatic heterocycles. The molecule has 180 valence electrons. The molecule has 0 saturated carbocycles. The molecule has 4 aromatic rings. The number of piperidine rings is 1. The second-order valence-electron chi connectivity index (χ2n) is 8.61. The van der Waals surface area contributed by atoms with E-state index in [1.54, 1.807) is 13.3 Å². The number of carbonyl (C=O) groups is 1. The number of imidazole rings is 1. The van der Waals surface area contributed by atoms with Crippen molar-refractivity contribution in [2.75, 3.05) is 31.7 Å². The summed E-state index contributed by atoms with van der Waals surface area (Å²) in [5.74, 6) is 2.50. The van der Waals surface area contributed by atoms with E-state index in [-0.39, 0.29) is 5.97 Å². The summed E-state index contributed by atoms with van der Waals surface area (Å²) in [6.45, 7) is 3.94. The third-order valence-electron chi connectivity index (χ3n) is 6.32. The molecule has 5 rings (SSSR count). The van der Waals surface area contributed by atoms with E-state index >= 15 is 0 Å². The second kappa shape index (κ2) is 10.1. The number of ether oxygens (including phenoxy) is 2. The molecule has 0 spiro atoms. The van der Waals surface area contributed by atoms with Crippen molar-refractivity contribution in [2.45, 2.75) is 26.2 Å². The Balaban J connectivity index is 1.23. The van der Waals surface area contributed by atoms with Gasteiger partial charge < -0.3 is 19.4 Å². The van der Waals surface area contributed by atoms with Gasteiger partial charge in [-0.1, -0.05) is 0 Å². The van der Waals surface area contributed by atoms with Crippen molar-refractivity contribution >= 4 is 23.0 Å². The molecule has 0 unspecified atom stereocenters. The minimum atomic E-state index is -0.106. The zero-order chi connectivity index (χ0) is 24.2. The number of benzene rings is 1. The maximum Gasteiger partial charge on any atom is 0.306 e. The summed E-state index contributed by atoms with van der Waals surface area (Å²) in [5, 5.41) is 0. The highest BCUT2D eigenvalue weighted by Crippen LogP contribution is 2.26. The van der Waals surface area contributed by atoms with E-state index in [2.05, 4.69) is 29.8 Å². The number of carbonyl (C=O) groups excluding carboxylic acids is 1. The summed E-state index contributed by atoms with van der Waals surface area (Å²) in [5.41, 5.74) is 4.33. The molecule has 35 heavy (non-hydrogen) atoms. The van der Waals surface area contributed by atoms with E-state index < -0.39 is 0 Å². The van der Waals surface area contributed by atoms with Crippen molar-refractivity contribution in [3.63, 3.8) is 0 Å². The molecule has 1 saturated heterocycles. The molecule has 0 amide bonds. The molecule has 0 bridgehead atoms. The van der Waals surface area contributed by atoms with Crippen LogP contribution in [-0.2, 0) is 9.53 Å². The van der Waals surface area contributed by atoms with Crippen LogP contribution in [0.5, 0.6) is 5.75 Å². The van der Waals surface area contributed by atoms with Gasteiger partial charge in [-0.25, -0.2) is 15.0 Å². The van der Waals surface area contributed by atoms with Crippen LogP contribution < -0.4 is 9.64 Å². The molecule has 0 atom stereocenters. The van der Waals surface area contributed by atoms with Gasteiger partial charge in [0.05, 0.1) is 30.4 Å². The molecule has 3 aromatic heterocycles. The Morgan fingerprint density at radius 3 is 2.51 bits per heavy atom. The van der Waals surface area contributed by atoms with Crippen molar-refractivity contribution in [3.05, 3.63) is 48.9 Å². The van der Waals surface area contributed by atoms with Crippen LogP contribution in [0.2, 0.25) is 0 Å².